The van der Waals surface area contributed by atoms with Crippen molar-refractivity contribution in [2.75, 3.05) is 13.1 Å². The second kappa shape index (κ2) is 6.96. The van der Waals surface area contributed by atoms with E-state index in [0.29, 0.717) is 24.0 Å². The van der Waals surface area contributed by atoms with Gasteiger partial charge in [-0.2, -0.15) is 5.10 Å². The van der Waals surface area contributed by atoms with Crippen molar-refractivity contribution in [2.45, 2.75) is 13.0 Å². The quantitative estimate of drug-likeness (QED) is 0.733. The number of hydrogen-bond donors (Lipinski definition) is 0. The molecule has 5 heteroatoms. The minimum atomic E-state index is -0.127. The average Bonchev–Trinajstić information content (AvgIpc) is 2.71. The molecule has 0 atom stereocenters. The van der Waals surface area contributed by atoms with Gasteiger partial charge in [0, 0.05) is 18.5 Å². The summed E-state index contributed by atoms with van der Waals surface area (Å²) in [4.78, 5) is 26.4. The van der Waals surface area contributed by atoms with Crippen LogP contribution in [0.4, 0.5) is 0 Å². The van der Waals surface area contributed by atoms with Crippen molar-refractivity contribution in [2.24, 2.45) is 0 Å². The zero-order chi connectivity index (χ0) is 17.9. The van der Waals surface area contributed by atoms with Crippen molar-refractivity contribution >= 4 is 22.4 Å². The number of carbonyl (C=O) groups is 1. The molecule has 0 saturated carbocycles. The third-order valence-electron chi connectivity index (χ3n) is 4.75. The summed E-state index contributed by atoms with van der Waals surface area (Å²) in [7, 11) is 0. The molecule has 1 amide bonds. The second-order valence-electron chi connectivity index (χ2n) is 6.37. The predicted molar refractivity (Wildman–Crippen MR) is 102 cm³/mol. The van der Waals surface area contributed by atoms with Gasteiger partial charge in [-0.1, -0.05) is 48.5 Å². The van der Waals surface area contributed by atoms with Crippen molar-refractivity contribution in [1.29, 1.82) is 0 Å². The molecule has 0 aliphatic carbocycles. The van der Waals surface area contributed by atoms with Crippen LogP contribution in [0.2, 0.25) is 0 Å². The lowest BCUT2D eigenvalue weighted by Gasteiger charge is -2.27. The van der Waals surface area contributed by atoms with Crippen LogP contribution >= 0.6 is 0 Å². The number of rotatable bonds is 3. The summed E-state index contributed by atoms with van der Waals surface area (Å²) >= 11 is 0. The Morgan fingerprint density at radius 2 is 1.81 bits per heavy atom. The first-order valence-corrected chi connectivity index (χ1v) is 8.69. The van der Waals surface area contributed by atoms with Gasteiger partial charge in [-0.3, -0.25) is 14.3 Å². The van der Waals surface area contributed by atoms with Crippen LogP contribution in [-0.2, 0) is 11.3 Å². The van der Waals surface area contributed by atoms with Crippen LogP contribution in [0.5, 0.6) is 0 Å². The molecule has 3 aromatic rings. The molecule has 5 nitrogen and oxygen atoms in total. The Morgan fingerprint density at radius 3 is 2.58 bits per heavy atom. The Hall–Kier alpha value is -3.21. The summed E-state index contributed by atoms with van der Waals surface area (Å²) in [6, 6.07) is 17.5. The smallest absolute Gasteiger partial charge is 0.244 e. The Labute approximate surface area is 151 Å². The van der Waals surface area contributed by atoms with E-state index in [-0.39, 0.29) is 17.9 Å². The van der Waals surface area contributed by atoms with E-state index < -0.39 is 0 Å². The highest BCUT2D eigenvalue weighted by molar-refractivity contribution is 5.82. The summed E-state index contributed by atoms with van der Waals surface area (Å²) in [5.41, 5.74) is 3.05. The maximum absolute atomic E-state index is 12.7. The molecule has 130 valence electrons. The van der Waals surface area contributed by atoms with Gasteiger partial charge in [0.1, 0.15) is 6.54 Å². The van der Waals surface area contributed by atoms with Gasteiger partial charge in [0.05, 0.1) is 11.7 Å². The zero-order valence-electron chi connectivity index (χ0n) is 14.3. The van der Waals surface area contributed by atoms with E-state index >= 15 is 0 Å². The van der Waals surface area contributed by atoms with Gasteiger partial charge in [-0.15, -0.1) is 0 Å². The lowest BCUT2D eigenvalue weighted by Crippen LogP contribution is -2.37. The van der Waals surface area contributed by atoms with Crippen molar-refractivity contribution in [3.05, 3.63) is 82.7 Å². The average molecular weight is 345 g/mol. The first kappa shape index (κ1) is 16.3. The van der Waals surface area contributed by atoms with E-state index in [2.05, 4.69) is 23.3 Å². The molecule has 0 N–H and O–H groups in total. The van der Waals surface area contributed by atoms with Crippen LogP contribution in [0.1, 0.15) is 12.0 Å². The normalized spacial score (nSPS) is 14.3. The Kier molecular flexibility index (Phi) is 4.35. The van der Waals surface area contributed by atoms with E-state index in [1.807, 2.05) is 41.3 Å². The SMILES string of the molecule is O=C(Cn1ncc(=O)c2ccccc21)N1CC=C(c2ccccc2)CC1. The minimum absolute atomic E-state index is 0.00895. The Morgan fingerprint density at radius 1 is 1.04 bits per heavy atom. The number of benzene rings is 2. The number of para-hydroxylation sites is 1. The monoisotopic (exact) mass is 345 g/mol. The van der Waals surface area contributed by atoms with E-state index in [0.717, 1.165) is 6.42 Å². The first-order chi connectivity index (χ1) is 12.7. The molecule has 0 radical (unpaired) electrons. The number of hydrogen-bond acceptors (Lipinski definition) is 3. The fourth-order valence-electron chi connectivity index (χ4n) is 3.33. The minimum Gasteiger partial charge on any atom is -0.337 e. The van der Waals surface area contributed by atoms with E-state index in [9.17, 15) is 9.59 Å². The maximum Gasteiger partial charge on any atom is 0.244 e. The second-order valence-corrected chi connectivity index (χ2v) is 6.37. The largest absolute Gasteiger partial charge is 0.337 e. The van der Waals surface area contributed by atoms with Crippen molar-refractivity contribution in [3.8, 4) is 0 Å². The summed E-state index contributed by atoms with van der Waals surface area (Å²) in [6.07, 6.45) is 4.24. The lowest BCUT2D eigenvalue weighted by molar-refractivity contribution is -0.131. The molecule has 4 rings (SSSR count). The van der Waals surface area contributed by atoms with Gasteiger partial charge >= 0.3 is 0 Å². The molecule has 0 fully saturated rings. The van der Waals surface area contributed by atoms with E-state index in [4.69, 9.17) is 0 Å². The Bertz CT molecular complexity index is 1040. The summed E-state index contributed by atoms with van der Waals surface area (Å²) < 4.78 is 1.61. The molecule has 2 aromatic carbocycles. The van der Waals surface area contributed by atoms with Crippen LogP contribution in [-0.4, -0.2) is 33.7 Å². The topological polar surface area (TPSA) is 55.2 Å². The van der Waals surface area contributed by atoms with Gasteiger partial charge < -0.3 is 4.90 Å². The van der Waals surface area contributed by atoms with Crippen molar-refractivity contribution < 1.29 is 4.79 Å². The van der Waals surface area contributed by atoms with Gasteiger partial charge in [0.15, 0.2) is 0 Å². The molecule has 1 aliphatic rings. The van der Waals surface area contributed by atoms with Crippen LogP contribution in [0.3, 0.4) is 0 Å². The summed E-state index contributed by atoms with van der Waals surface area (Å²) in [5.74, 6) is 0.00895. The van der Waals surface area contributed by atoms with Crippen LogP contribution in [0.15, 0.2) is 71.7 Å². The number of nitrogens with zero attached hydrogens (tertiary/aromatic N) is 3. The number of aromatic nitrogens is 2. The van der Waals surface area contributed by atoms with Gasteiger partial charge in [-0.05, 0) is 29.7 Å². The molecule has 1 aliphatic heterocycles. The third kappa shape index (κ3) is 3.16. The van der Waals surface area contributed by atoms with Gasteiger partial charge in [0.25, 0.3) is 0 Å². The van der Waals surface area contributed by atoms with Crippen LogP contribution in [0.25, 0.3) is 16.5 Å². The third-order valence-corrected chi connectivity index (χ3v) is 4.75. The fraction of sp³-hybridized carbons (Fsp3) is 0.190. The molecule has 0 unspecified atom stereocenters. The molecule has 1 aromatic heterocycles. The highest BCUT2D eigenvalue weighted by atomic mass is 16.2. The molecular weight excluding hydrogens is 326 g/mol. The molecule has 0 spiro atoms. The predicted octanol–water partition coefficient (Wildman–Crippen LogP) is 2.71. The van der Waals surface area contributed by atoms with Crippen molar-refractivity contribution in [3.63, 3.8) is 0 Å². The maximum atomic E-state index is 12.7. The molecular formula is C21H19N3O2. The zero-order valence-corrected chi connectivity index (χ0v) is 14.3. The lowest BCUT2D eigenvalue weighted by atomic mass is 9.99. The molecule has 2 heterocycles. The van der Waals surface area contributed by atoms with Crippen LogP contribution in [0, 0.1) is 0 Å². The summed E-state index contributed by atoms with van der Waals surface area (Å²) in [6.45, 7) is 1.42. The standard InChI is InChI=1S/C21H19N3O2/c25-20-14-22-24(19-9-5-4-8-18(19)20)15-21(26)23-12-10-17(11-13-23)16-6-2-1-3-7-16/h1-10,14H,11-13,15H2. The van der Waals surface area contributed by atoms with E-state index in [1.165, 1.54) is 17.3 Å². The van der Waals surface area contributed by atoms with Gasteiger partial charge in [-0.25, -0.2) is 0 Å². The van der Waals surface area contributed by atoms with Crippen molar-refractivity contribution in [1.82, 2.24) is 14.7 Å². The van der Waals surface area contributed by atoms with Gasteiger partial charge in [0.2, 0.25) is 11.3 Å². The first-order valence-electron chi connectivity index (χ1n) is 8.69. The molecule has 26 heavy (non-hydrogen) atoms. The highest BCUT2D eigenvalue weighted by Gasteiger charge is 2.19. The highest BCUT2D eigenvalue weighted by Crippen LogP contribution is 2.22. The van der Waals surface area contributed by atoms with Crippen LogP contribution < -0.4 is 5.43 Å². The fourth-order valence-corrected chi connectivity index (χ4v) is 3.33. The molecule has 0 saturated heterocycles. The van der Waals surface area contributed by atoms with E-state index in [1.54, 1.807) is 10.7 Å². The summed E-state index contributed by atoms with van der Waals surface area (Å²) in [5, 5.41) is 4.73. The number of amides is 1. The molecule has 0 bridgehead atoms. The number of fused-ring (bicyclic) bond motifs is 1. The number of carbonyl (C=O) groups excluding carboxylic acids is 1. The Balaban J connectivity index is 1.51.